The van der Waals surface area contributed by atoms with E-state index in [1.165, 1.54) is 11.3 Å². The monoisotopic (exact) mass is 421 g/mol. The first-order valence-corrected chi connectivity index (χ1v) is 10.4. The number of urea groups is 1. The fraction of sp³-hybridized carbons (Fsp3) is 0.227. The van der Waals surface area contributed by atoms with E-state index in [9.17, 15) is 4.79 Å². The molecular weight excluding hydrogens is 398 g/mol. The molecule has 0 saturated carbocycles. The molecular formula is C22H23N5O2S. The molecule has 0 unspecified atom stereocenters. The van der Waals surface area contributed by atoms with Crippen molar-refractivity contribution in [2.45, 2.75) is 33.1 Å². The second kappa shape index (κ2) is 7.79. The molecule has 0 atom stereocenters. The summed E-state index contributed by atoms with van der Waals surface area (Å²) in [6, 6.07) is 14.7. The van der Waals surface area contributed by atoms with Gasteiger partial charge in [0.05, 0.1) is 10.2 Å². The van der Waals surface area contributed by atoms with E-state index >= 15 is 0 Å². The van der Waals surface area contributed by atoms with Gasteiger partial charge in [-0.1, -0.05) is 50.3 Å². The molecule has 7 nitrogen and oxygen atoms in total. The topological polar surface area (TPSA) is 91.9 Å². The van der Waals surface area contributed by atoms with Gasteiger partial charge in [-0.25, -0.2) is 9.78 Å². The highest BCUT2D eigenvalue weighted by Gasteiger charge is 2.22. The van der Waals surface area contributed by atoms with Crippen molar-refractivity contribution in [3.05, 3.63) is 59.8 Å². The maximum atomic E-state index is 12.5. The summed E-state index contributed by atoms with van der Waals surface area (Å²) in [5.74, 6) is 1.11. The molecule has 0 bridgehead atoms. The average molecular weight is 422 g/mol. The van der Waals surface area contributed by atoms with E-state index in [0.717, 1.165) is 21.5 Å². The van der Waals surface area contributed by atoms with Crippen LogP contribution in [0.5, 0.6) is 10.9 Å². The highest BCUT2D eigenvalue weighted by Crippen LogP contribution is 2.32. The van der Waals surface area contributed by atoms with Crippen LogP contribution in [0.4, 0.5) is 16.3 Å². The smallest absolute Gasteiger partial charge is 0.324 e. The molecule has 0 radical (unpaired) electrons. The molecule has 2 aromatic carbocycles. The number of hydrogen-bond donors (Lipinski definition) is 3. The van der Waals surface area contributed by atoms with Crippen molar-refractivity contribution in [2.75, 3.05) is 10.6 Å². The summed E-state index contributed by atoms with van der Waals surface area (Å²) in [6.07, 6.45) is 0. The van der Waals surface area contributed by atoms with Crippen molar-refractivity contribution in [1.82, 2.24) is 15.2 Å². The predicted molar refractivity (Wildman–Crippen MR) is 121 cm³/mol. The lowest BCUT2D eigenvalue weighted by Crippen LogP contribution is -2.20. The van der Waals surface area contributed by atoms with Crippen LogP contribution >= 0.6 is 11.3 Å². The Kier molecular flexibility index (Phi) is 5.17. The van der Waals surface area contributed by atoms with E-state index in [1.54, 1.807) is 12.1 Å². The second-order valence-corrected chi connectivity index (χ2v) is 8.97. The number of fused-ring (bicyclic) bond motifs is 1. The van der Waals surface area contributed by atoms with Gasteiger partial charge in [0.25, 0.3) is 5.19 Å². The molecule has 30 heavy (non-hydrogen) atoms. The van der Waals surface area contributed by atoms with Crippen LogP contribution in [-0.4, -0.2) is 21.2 Å². The Labute approximate surface area is 178 Å². The lowest BCUT2D eigenvalue weighted by molar-refractivity contribution is 0.262. The van der Waals surface area contributed by atoms with Crippen molar-refractivity contribution in [1.29, 1.82) is 0 Å². The zero-order valence-corrected chi connectivity index (χ0v) is 18.1. The number of benzene rings is 2. The van der Waals surface area contributed by atoms with Crippen LogP contribution < -0.4 is 15.4 Å². The van der Waals surface area contributed by atoms with Gasteiger partial charge in [0.2, 0.25) is 0 Å². The third-order valence-corrected chi connectivity index (χ3v) is 5.48. The number of H-pyrrole nitrogens is 1. The van der Waals surface area contributed by atoms with Crippen LogP contribution in [0.3, 0.4) is 0 Å². The van der Waals surface area contributed by atoms with Gasteiger partial charge in [-0.05, 0) is 31.2 Å². The highest BCUT2D eigenvalue weighted by atomic mass is 32.1. The van der Waals surface area contributed by atoms with Crippen molar-refractivity contribution in [3.8, 4) is 10.9 Å². The first-order chi connectivity index (χ1) is 14.3. The number of aromatic nitrogens is 3. The summed E-state index contributed by atoms with van der Waals surface area (Å²) in [6.45, 7) is 8.21. The Hall–Kier alpha value is -3.39. The second-order valence-electron chi connectivity index (χ2n) is 7.98. The van der Waals surface area contributed by atoms with Gasteiger partial charge in [0.15, 0.2) is 5.82 Å². The van der Waals surface area contributed by atoms with E-state index in [-0.39, 0.29) is 11.4 Å². The maximum Gasteiger partial charge on any atom is 0.324 e. The Morgan fingerprint density at radius 1 is 1.10 bits per heavy atom. The van der Waals surface area contributed by atoms with Crippen LogP contribution in [0.25, 0.3) is 10.2 Å². The van der Waals surface area contributed by atoms with Crippen LogP contribution in [0, 0.1) is 6.92 Å². The van der Waals surface area contributed by atoms with Gasteiger partial charge in [0.1, 0.15) is 5.75 Å². The van der Waals surface area contributed by atoms with E-state index in [2.05, 4.69) is 46.6 Å². The van der Waals surface area contributed by atoms with Gasteiger partial charge in [-0.15, -0.1) is 0 Å². The molecule has 0 aliphatic carbocycles. The van der Waals surface area contributed by atoms with Crippen molar-refractivity contribution in [2.24, 2.45) is 0 Å². The van der Waals surface area contributed by atoms with E-state index in [1.807, 2.05) is 43.3 Å². The lowest BCUT2D eigenvalue weighted by atomic mass is 9.90. The molecule has 2 heterocycles. The van der Waals surface area contributed by atoms with Crippen molar-refractivity contribution >= 4 is 39.1 Å². The zero-order valence-electron chi connectivity index (χ0n) is 17.2. The van der Waals surface area contributed by atoms with E-state index < -0.39 is 0 Å². The summed E-state index contributed by atoms with van der Waals surface area (Å²) >= 11 is 1.47. The third-order valence-electron chi connectivity index (χ3n) is 4.56. The fourth-order valence-corrected chi connectivity index (χ4v) is 3.99. The van der Waals surface area contributed by atoms with Gasteiger partial charge >= 0.3 is 6.03 Å². The van der Waals surface area contributed by atoms with Crippen LogP contribution in [0.15, 0.2) is 48.5 Å². The molecule has 0 aliphatic rings. The number of thiazole rings is 1. The molecule has 0 aliphatic heterocycles. The Morgan fingerprint density at radius 3 is 2.63 bits per heavy atom. The van der Waals surface area contributed by atoms with Gasteiger partial charge in [-0.2, -0.15) is 5.10 Å². The summed E-state index contributed by atoms with van der Waals surface area (Å²) in [4.78, 5) is 16.9. The minimum Gasteiger partial charge on any atom is -0.431 e. The number of aromatic amines is 1. The molecule has 0 spiro atoms. The Balaban J connectivity index is 1.44. The molecule has 2 amide bonds. The minimum absolute atomic E-state index is 0.0835. The molecule has 154 valence electrons. The van der Waals surface area contributed by atoms with Gasteiger partial charge in [-0.3, -0.25) is 10.4 Å². The Bertz CT molecular complexity index is 1170. The van der Waals surface area contributed by atoms with E-state index in [0.29, 0.717) is 22.4 Å². The number of ether oxygens (including phenoxy) is 1. The summed E-state index contributed by atoms with van der Waals surface area (Å²) in [7, 11) is 0. The molecule has 4 aromatic rings. The summed E-state index contributed by atoms with van der Waals surface area (Å²) < 4.78 is 6.94. The third kappa shape index (κ3) is 4.28. The van der Waals surface area contributed by atoms with Crippen molar-refractivity contribution in [3.63, 3.8) is 0 Å². The maximum absolute atomic E-state index is 12.5. The van der Waals surface area contributed by atoms with Gasteiger partial charge < -0.3 is 10.1 Å². The molecule has 2 aromatic heterocycles. The Morgan fingerprint density at radius 2 is 1.90 bits per heavy atom. The standard InChI is InChI=1S/C22H23N5O2S/c1-13-18(22(2,3)4)26-27-19(13)25-20(28)23-14-8-7-9-15(12-14)29-21-24-16-10-5-6-11-17(16)30-21/h5-12H,1-4H3,(H3,23,25,26,27,28). The predicted octanol–water partition coefficient (Wildman–Crippen LogP) is 6.06. The molecule has 0 fully saturated rings. The molecule has 4 rings (SSSR count). The number of carbonyl (C=O) groups is 1. The largest absolute Gasteiger partial charge is 0.431 e. The van der Waals surface area contributed by atoms with Crippen LogP contribution in [-0.2, 0) is 5.41 Å². The van der Waals surface area contributed by atoms with Crippen LogP contribution in [0.1, 0.15) is 32.0 Å². The molecule has 3 N–H and O–H groups in total. The first kappa shape index (κ1) is 19.9. The highest BCUT2D eigenvalue weighted by molar-refractivity contribution is 7.20. The summed E-state index contributed by atoms with van der Waals surface area (Å²) in [5, 5.41) is 13.4. The van der Waals surface area contributed by atoms with Crippen LogP contribution in [0.2, 0.25) is 0 Å². The number of carbonyl (C=O) groups excluding carboxylic acids is 1. The zero-order chi connectivity index (χ0) is 21.3. The fourth-order valence-electron chi connectivity index (χ4n) is 3.15. The normalized spacial score (nSPS) is 11.5. The SMILES string of the molecule is Cc1c(NC(=O)Nc2cccc(Oc3nc4ccccc4s3)c2)n[nH]c1C(C)(C)C. The number of nitrogens with one attached hydrogen (secondary N) is 3. The number of nitrogens with zero attached hydrogens (tertiary/aromatic N) is 2. The number of hydrogen-bond acceptors (Lipinski definition) is 5. The van der Waals surface area contributed by atoms with Gasteiger partial charge in [0, 0.05) is 28.4 Å². The number of para-hydroxylation sites is 1. The first-order valence-electron chi connectivity index (χ1n) is 9.56. The van der Waals surface area contributed by atoms with E-state index in [4.69, 9.17) is 4.74 Å². The number of amides is 2. The molecule has 8 heteroatoms. The quantitative estimate of drug-likeness (QED) is 0.373. The lowest BCUT2D eigenvalue weighted by Gasteiger charge is -2.17. The molecule has 0 saturated heterocycles. The number of anilines is 2. The number of rotatable bonds is 4. The van der Waals surface area contributed by atoms with Crippen molar-refractivity contribution < 1.29 is 9.53 Å². The summed E-state index contributed by atoms with van der Waals surface area (Å²) in [5.41, 5.74) is 3.33. The average Bonchev–Trinajstić information content (AvgIpc) is 3.24. The minimum atomic E-state index is -0.373.